The molecule has 1 unspecified atom stereocenters. The first-order valence-electron chi connectivity index (χ1n) is 8.58. The van der Waals surface area contributed by atoms with E-state index in [-0.39, 0.29) is 16.9 Å². The van der Waals surface area contributed by atoms with Gasteiger partial charge in [-0.15, -0.1) is 0 Å². The second-order valence-corrected chi connectivity index (χ2v) is 9.00. The first-order chi connectivity index (χ1) is 12.4. The molecular formula is C18H21BrN2O4S. The minimum Gasteiger partial charge on any atom is -0.438 e. The van der Waals surface area contributed by atoms with Crippen LogP contribution in [-0.4, -0.2) is 31.7 Å². The van der Waals surface area contributed by atoms with Gasteiger partial charge in [0.15, 0.2) is 5.76 Å². The molecule has 0 saturated carbocycles. The summed E-state index contributed by atoms with van der Waals surface area (Å²) >= 11 is 3.39. The third-order valence-electron chi connectivity index (χ3n) is 4.45. The smallest absolute Gasteiger partial charge is 0.287 e. The molecule has 1 amide bonds. The quantitative estimate of drug-likeness (QED) is 0.742. The average Bonchev–Trinajstić information content (AvgIpc) is 3.32. The Morgan fingerprint density at radius 2 is 1.85 bits per heavy atom. The molecule has 2 aromatic rings. The summed E-state index contributed by atoms with van der Waals surface area (Å²) in [5, 5.41) is 2.72. The van der Waals surface area contributed by atoms with Crippen LogP contribution in [0.25, 0.3) is 0 Å². The lowest BCUT2D eigenvalue weighted by Gasteiger charge is -2.17. The van der Waals surface area contributed by atoms with Gasteiger partial charge in [-0.05, 0) is 49.1 Å². The normalized spacial score (nSPS) is 16.5. The van der Waals surface area contributed by atoms with E-state index < -0.39 is 15.9 Å². The van der Waals surface area contributed by atoms with Crippen LogP contribution in [-0.2, 0) is 10.0 Å². The highest BCUT2D eigenvalue weighted by atomic mass is 79.9. The van der Waals surface area contributed by atoms with Crippen molar-refractivity contribution in [1.82, 2.24) is 9.62 Å². The lowest BCUT2D eigenvalue weighted by atomic mass is 10.0. The number of carbonyl (C=O) groups excluding carboxylic acids is 1. The van der Waals surface area contributed by atoms with E-state index in [1.807, 2.05) is 31.2 Å². The molecule has 8 heteroatoms. The van der Waals surface area contributed by atoms with Crippen molar-refractivity contribution in [3.63, 3.8) is 0 Å². The van der Waals surface area contributed by atoms with E-state index in [2.05, 4.69) is 21.2 Å². The molecule has 0 spiro atoms. The van der Waals surface area contributed by atoms with E-state index in [4.69, 9.17) is 4.42 Å². The van der Waals surface area contributed by atoms with E-state index in [1.165, 1.54) is 16.4 Å². The molecule has 1 aliphatic rings. The number of amides is 1. The number of nitrogens with zero attached hydrogens (tertiary/aromatic N) is 1. The van der Waals surface area contributed by atoms with Crippen LogP contribution in [0.15, 0.2) is 50.4 Å². The van der Waals surface area contributed by atoms with E-state index >= 15 is 0 Å². The Labute approximate surface area is 161 Å². The number of benzene rings is 1. The third-order valence-corrected chi connectivity index (χ3v) is 6.75. The summed E-state index contributed by atoms with van der Waals surface area (Å²) in [6, 6.07) is 10.3. The van der Waals surface area contributed by atoms with Crippen molar-refractivity contribution in [2.75, 3.05) is 13.1 Å². The number of rotatable bonds is 6. The number of nitrogens with one attached hydrogen (secondary N) is 1. The van der Waals surface area contributed by atoms with Gasteiger partial charge in [0, 0.05) is 17.6 Å². The predicted octanol–water partition coefficient (Wildman–Crippen LogP) is 3.71. The fraction of sp³-hybridized carbons (Fsp3) is 0.389. The zero-order chi connectivity index (χ0) is 18.7. The lowest BCUT2D eigenvalue weighted by molar-refractivity contribution is 0.0902. The van der Waals surface area contributed by atoms with Crippen molar-refractivity contribution in [3.05, 3.63) is 52.2 Å². The molecule has 0 radical (unpaired) electrons. The molecule has 0 bridgehead atoms. The van der Waals surface area contributed by atoms with E-state index in [0.29, 0.717) is 19.5 Å². The standard InChI is InChI=1S/C18H21BrN2O4S/c1-2-15(13-5-7-14(19)8-6-13)20-18(22)16-9-10-17(25-16)26(23,24)21-11-3-4-12-21/h5-10,15H,2-4,11-12H2,1H3,(H,20,22). The number of sulfonamides is 1. The Morgan fingerprint density at radius 3 is 2.46 bits per heavy atom. The van der Waals surface area contributed by atoms with E-state index in [0.717, 1.165) is 22.9 Å². The van der Waals surface area contributed by atoms with Crippen molar-refractivity contribution in [2.24, 2.45) is 0 Å². The van der Waals surface area contributed by atoms with Gasteiger partial charge in [0.05, 0.1) is 6.04 Å². The highest BCUT2D eigenvalue weighted by molar-refractivity contribution is 9.10. The summed E-state index contributed by atoms with van der Waals surface area (Å²) in [5.74, 6) is -0.430. The van der Waals surface area contributed by atoms with Gasteiger partial charge in [0.1, 0.15) is 0 Å². The van der Waals surface area contributed by atoms with Crippen LogP contribution in [0.1, 0.15) is 48.3 Å². The largest absolute Gasteiger partial charge is 0.438 e. The molecule has 1 N–H and O–H groups in total. The number of carbonyl (C=O) groups is 1. The number of halogens is 1. The maximum atomic E-state index is 12.5. The maximum Gasteiger partial charge on any atom is 0.287 e. The van der Waals surface area contributed by atoms with Crippen LogP contribution in [0.2, 0.25) is 0 Å². The van der Waals surface area contributed by atoms with Gasteiger partial charge in [-0.2, -0.15) is 4.31 Å². The fourth-order valence-electron chi connectivity index (χ4n) is 2.98. The Bertz CT molecular complexity index is 871. The van der Waals surface area contributed by atoms with Crippen molar-refractivity contribution in [1.29, 1.82) is 0 Å². The SMILES string of the molecule is CCC(NC(=O)c1ccc(S(=O)(=O)N2CCCC2)o1)c1ccc(Br)cc1. The number of furan rings is 1. The first-order valence-corrected chi connectivity index (χ1v) is 10.8. The van der Waals surface area contributed by atoms with Gasteiger partial charge in [-0.25, -0.2) is 8.42 Å². The van der Waals surface area contributed by atoms with Gasteiger partial charge < -0.3 is 9.73 Å². The van der Waals surface area contributed by atoms with E-state index in [1.54, 1.807) is 0 Å². The molecule has 1 saturated heterocycles. The Kier molecular flexibility index (Phi) is 5.84. The van der Waals surface area contributed by atoms with Crippen molar-refractivity contribution >= 4 is 31.9 Å². The molecule has 140 valence electrons. The summed E-state index contributed by atoms with van der Waals surface area (Å²) < 4.78 is 32.7. The van der Waals surface area contributed by atoms with Crippen LogP contribution < -0.4 is 5.32 Å². The Morgan fingerprint density at radius 1 is 1.19 bits per heavy atom. The minimum absolute atomic E-state index is 0.00154. The van der Waals surface area contributed by atoms with Crippen LogP contribution in [0, 0.1) is 0 Å². The Hall–Kier alpha value is -1.64. The van der Waals surface area contributed by atoms with Gasteiger partial charge in [-0.1, -0.05) is 35.0 Å². The molecule has 1 aliphatic heterocycles. The third kappa shape index (κ3) is 4.02. The number of hydrogen-bond acceptors (Lipinski definition) is 4. The molecule has 1 aromatic heterocycles. The number of hydrogen-bond donors (Lipinski definition) is 1. The second kappa shape index (κ2) is 7.94. The lowest BCUT2D eigenvalue weighted by Crippen LogP contribution is -2.28. The van der Waals surface area contributed by atoms with E-state index in [9.17, 15) is 13.2 Å². The summed E-state index contributed by atoms with van der Waals surface area (Å²) in [6.45, 7) is 2.95. The van der Waals surface area contributed by atoms with Gasteiger partial charge >= 0.3 is 0 Å². The summed E-state index contributed by atoms with van der Waals surface area (Å²) in [7, 11) is -3.66. The Balaban J connectivity index is 1.74. The fourth-order valence-corrected chi connectivity index (χ4v) is 4.67. The molecule has 6 nitrogen and oxygen atoms in total. The molecule has 1 fully saturated rings. The zero-order valence-corrected chi connectivity index (χ0v) is 16.8. The average molecular weight is 441 g/mol. The summed E-state index contributed by atoms with van der Waals surface area (Å²) in [5.41, 5.74) is 0.973. The molecule has 1 aromatic carbocycles. The molecule has 0 aliphatic carbocycles. The van der Waals surface area contributed by atoms with Gasteiger partial charge in [-0.3, -0.25) is 4.79 Å². The zero-order valence-electron chi connectivity index (χ0n) is 14.4. The molecule has 1 atom stereocenters. The van der Waals surface area contributed by atoms with Crippen LogP contribution in [0.4, 0.5) is 0 Å². The second-order valence-electron chi connectivity index (χ2n) is 6.22. The van der Waals surface area contributed by atoms with Crippen LogP contribution >= 0.6 is 15.9 Å². The highest BCUT2D eigenvalue weighted by Crippen LogP contribution is 2.24. The topological polar surface area (TPSA) is 79.6 Å². The van der Waals surface area contributed by atoms with Crippen molar-refractivity contribution in [3.8, 4) is 0 Å². The monoisotopic (exact) mass is 440 g/mol. The molecule has 3 rings (SSSR count). The highest BCUT2D eigenvalue weighted by Gasteiger charge is 2.30. The summed E-state index contributed by atoms with van der Waals surface area (Å²) in [4.78, 5) is 12.5. The van der Waals surface area contributed by atoms with Crippen LogP contribution in [0.3, 0.4) is 0 Å². The molecular weight excluding hydrogens is 420 g/mol. The van der Waals surface area contributed by atoms with Gasteiger partial charge in [0.25, 0.3) is 15.9 Å². The summed E-state index contributed by atoms with van der Waals surface area (Å²) in [6.07, 6.45) is 2.39. The molecule has 26 heavy (non-hydrogen) atoms. The van der Waals surface area contributed by atoms with Crippen LogP contribution in [0.5, 0.6) is 0 Å². The maximum absolute atomic E-state index is 12.5. The predicted molar refractivity (Wildman–Crippen MR) is 101 cm³/mol. The minimum atomic E-state index is -3.66. The van der Waals surface area contributed by atoms with Crippen molar-refractivity contribution in [2.45, 2.75) is 37.3 Å². The van der Waals surface area contributed by atoms with Gasteiger partial charge in [0.2, 0.25) is 5.09 Å². The molecule has 2 heterocycles. The van der Waals surface area contributed by atoms with Crippen molar-refractivity contribution < 1.29 is 17.6 Å². The first kappa shape index (κ1) is 19.1.